The minimum atomic E-state index is -0.0949. The molecule has 84 valence electrons. The van der Waals surface area contributed by atoms with E-state index in [0.717, 1.165) is 0 Å². The van der Waals surface area contributed by atoms with Crippen LogP contribution in [0.15, 0.2) is 0 Å². The molecule has 0 aromatic heterocycles. The van der Waals surface area contributed by atoms with Crippen molar-refractivity contribution in [1.82, 2.24) is 10.6 Å². The van der Waals surface area contributed by atoms with Crippen LogP contribution in [0.5, 0.6) is 0 Å². The lowest BCUT2D eigenvalue weighted by atomic mass is 10.6. The van der Waals surface area contributed by atoms with E-state index in [1.807, 2.05) is 6.92 Å². The van der Waals surface area contributed by atoms with Crippen molar-refractivity contribution in [3.8, 4) is 0 Å². The van der Waals surface area contributed by atoms with Crippen molar-refractivity contribution >= 4 is 11.8 Å². The van der Waals surface area contributed by atoms with E-state index in [1.165, 1.54) is 6.92 Å². The Morgan fingerprint density at radius 3 is 1.93 bits per heavy atom. The third-order valence-electron chi connectivity index (χ3n) is 1.08. The van der Waals surface area contributed by atoms with Gasteiger partial charge >= 0.3 is 0 Å². The maximum Gasteiger partial charge on any atom is 0.233 e. The molecule has 0 aromatic carbocycles. The second-order valence-electron chi connectivity index (χ2n) is 2.43. The Morgan fingerprint density at radius 1 is 1.21 bits per heavy atom. The minimum Gasteiger partial charge on any atom is -0.355 e. The molecular formula is C8H20N4O2. The number of carbonyl (C=O) groups excluding carboxylic acids is 2. The zero-order valence-electron chi connectivity index (χ0n) is 8.80. The molecule has 14 heavy (non-hydrogen) atoms. The SMILES string of the molecule is CC(=O)NCCN.CCNC(=O)CN. The lowest BCUT2D eigenvalue weighted by Crippen LogP contribution is -2.29. The molecule has 0 saturated carbocycles. The second-order valence-corrected chi connectivity index (χ2v) is 2.43. The molecule has 6 nitrogen and oxygen atoms in total. The Kier molecular flexibility index (Phi) is 13.0. The summed E-state index contributed by atoms with van der Waals surface area (Å²) in [6.07, 6.45) is 0. The van der Waals surface area contributed by atoms with Crippen LogP contribution in [0, 0.1) is 0 Å². The van der Waals surface area contributed by atoms with Crippen LogP contribution in [0.4, 0.5) is 0 Å². The monoisotopic (exact) mass is 204 g/mol. The summed E-state index contributed by atoms with van der Waals surface area (Å²) in [5, 5.41) is 5.06. The molecule has 6 N–H and O–H groups in total. The molecule has 0 heterocycles. The molecule has 0 bridgehead atoms. The molecule has 0 aliphatic carbocycles. The first-order valence-electron chi connectivity index (χ1n) is 4.49. The largest absolute Gasteiger partial charge is 0.355 e. The van der Waals surface area contributed by atoms with Gasteiger partial charge in [0.1, 0.15) is 0 Å². The molecule has 0 aliphatic heterocycles. The van der Waals surface area contributed by atoms with Crippen molar-refractivity contribution in [1.29, 1.82) is 0 Å². The molecule has 6 heteroatoms. The number of hydrogen-bond acceptors (Lipinski definition) is 4. The summed E-state index contributed by atoms with van der Waals surface area (Å²) in [7, 11) is 0. The number of hydrogen-bond donors (Lipinski definition) is 4. The van der Waals surface area contributed by atoms with Crippen LogP contribution >= 0.6 is 0 Å². The summed E-state index contributed by atoms with van der Waals surface area (Å²) in [6, 6.07) is 0. The Bertz CT molecular complexity index is 161. The van der Waals surface area contributed by atoms with Crippen LogP contribution in [0.25, 0.3) is 0 Å². The quantitative estimate of drug-likeness (QED) is 0.431. The van der Waals surface area contributed by atoms with Crippen LogP contribution in [0.2, 0.25) is 0 Å². The topological polar surface area (TPSA) is 110 Å². The fraction of sp³-hybridized carbons (Fsp3) is 0.750. The highest BCUT2D eigenvalue weighted by molar-refractivity contribution is 5.77. The summed E-state index contributed by atoms with van der Waals surface area (Å²) in [4.78, 5) is 20.2. The minimum absolute atomic E-state index is 0.0227. The van der Waals surface area contributed by atoms with Crippen molar-refractivity contribution in [3.63, 3.8) is 0 Å². The number of amides is 2. The van der Waals surface area contributed by atoms with Crippen molar-refractivity contribution in [2.75, 3.05) is 26.2 Å². The average Bonchev–Trinajstić information content (AvgIpc) is 2.16. The van der Waals surface area contributed by atoms with Gasteiger partial charge < -0.3 is 22.1 Å². The van der Waals surface area contributed by atoms with E-state index in [0.29, 0.717) is 19.6 Å². The third-order valence-corrected chi connectivity index (χ3v) is 1.08. The van der Waals surface area contributed by atoms with Crippen LogP contribution in [-0.2, 0) is 9.59 Å². The molecule has 2 amide bonds. The van der Waals surface area contributed by atoms with Gasteiger partial charge in [0.05, 0.1) is 6.54 Å². The Hall–Kier alpha value is -1.14. The van der Waals surface area contributed by atoms with Crippen molar-refractivity contribution in [2.24, 2.45) is 11.5 Å². The van der Waals surface area contributed by atoms with Gasteiger partial charge in [-0.25, -0.2) is 0 Å². The number of nitrogens with one attached hydrogen (secondary N) is 2. The number of likely N-dealkylation sites (N-methyl/N-ethyl adjacent to an activating group) is 1. The van der Waals surface area contributed by atoms with Crippen molar-refractivity contribution in [2.45, 2.75) is 13.8 Å². The van der Waals surface area contributed by atoms with Gasteiger partial charge in [-0.3, -0.25) is 9.59 Å². The lowest BCUT2D eigenvalue weighted by Gasteiger charge is -1.93. The fourth-order valence-corrected chi connectivity index (χ4v) is 0.518. The smallest absolute Gasteiger partial charge is 0.233 e. The van der Waals surface area contributed by atoms with Crippen LogP contribution < -0.4 is 22.1 Å². The zero-order valence-corrected chi connectivity index (χ0v) is 8.80. The predicted octanol–water partition coefficient (Wildman–Crippen LogP) is -1.84. The zero-order chi connectivity index (χ0) is 11.4. The van der Waals surface area contributed by atoms with E-state index < -0.39 is 0 Å². The lowest BCUT2D eigenvalue weighted by molar-refractivity contribution is -0.120. The van der Waals surface area contributed by atoms with Crippen LogP contribution in [-0.4, -0.2) is 38.0 Å². The van der Waals surface area contributed by atoms with Gasteiger partial charge in [0.25, 0.3) is 0 Å². The van der Waals surface area contributed by atoms with E-state index in [4.69, 9.17) is 11.5 Å². The van der Waals surface area contributed by atoms with Crippen molar-refractivity contribution < 1.29 is 9.59 Å². The van der Waals surface area contributed by atoms with Crippen molar-refractivity contribution in [3.05, 3.63) is 0 Å². The average molecular weight is 204 g/mol. The maximum atomic E-state index is 10.2. The predicted molar refractivity (Wildman–Crippen MR) is 55.5 cm³/mol. The Labute approximate surface area is 84.4 Å². The molecule has 0 radical (unpaired) electrons. The van der Waals surface area contributed by atoms with Gasteiger partial charge in [0, 0.05) is 26.6 Å². The van der Waals surface area contributed by atoms with Gasteiger partial charge in [0.15, 0.2) is 0 Å². The highest BCUT2D eigenvalue weighted by atomic mass is 16.2. The molecule has 0 atom stereocenters. The standard InChI is InChI=1S/2C4H10N2O/c1-4(7)6-3-2-5;1-2-6-4(7)3-5/h2*2-3,5H2,1H3,(H,6,7). The summed E-state index contributed by atoms with van der Waals surface area (Å²) in [5.74, 6) is -0.118. The normalized spacial score (nSPS) is 8.29. The number of carbonyl (C=O) groups is 2. The Balaban J connectivity index is 0. The van der Waals surface area contributed by atoms with E-state index in [9.17, 15) is 9.59 Å². The summed E-state index contributed by atoms with van der Waals surface area (Å²) >= 11 is 0. The molecule has 0 fully saturated rings. The first-order chi connectivity index (χ1) is 6.58. The van der Waals surface area contributed by atoms with E-state index >= 15 is 0 Å². The summed E-state index contributed by atoms with van der Waals surface area (Å²) in [5.41, 5.74) is 10.0. The summed E-state index contributed by atoms with van der Waals surface area (Å²) < 4.78 is 0. The number of nitrogens with two attached hydrogens (primary N) is 2. The fourth-order valence-electron chi connectivity index (χ4n) is 0.518. The van der Waals surface area contributed by atoms with Gasteiger partial charge in [-0.2, -0.15) is 0 Å². The van der Waals surface area contributed by atoms with Gasteiger partial charge in [-0.1, -0.05) is 0 Å². The molecular weight excluding hydrogens is 184 g/mol. The van der Waals surface area contributed by atoms with Crippen LogP contribution in [0.1, 0.15) is 13.8 Å². The maximum absolute atomic E-state index is 10.2. The van der Waals surface area contributed by atoms with Gasteiger partial charge in [-0.15, -0.1) is 0 Å². The highest BCUT2D eigenvalue weighted by Crippen LogP contribution is 1.55. The number of rotatable bonds is 4. The van der Waals surface area contributed by atoms with E-state index in [1.54, 1.807) is 0 Å². The first kappa shape index (κ1) is 15.3. The second kappa shape index (κ2) is 11.9. The molecule has 0 saturated heterocycles. The molecule has 0 unspecified atom stereocenters. The van der Waals surface area contributed by atoms with Crippen LogP contribution in [0.3, 0.4) is 0 Å². The first-order valence-corrected chi connectivity index (χ1v) is 4.49. The molecule has 0 aromatic rings. The Morgan fingerprint density at radius 2 is 1.79 bits per heavy atom. The summed E-state index contributed by atoms with van der Waals surface area (Å²) in [6.45, 7) is 5.17. The molecule has 0 rings (SSSR count). The van der Waals surface area contributed by atoms with Gasteiger partial charge in [-0.05, 0) is 6.92 Å². The molecule has 0 aliphatic rings. The highest BCUT2D eigenvalue weighted by Gasteiger charge is 1.88. The molecule has 0 spiro atoms. The van der Waals surface area contributed by atoms with E-state index in [-0.39, 0.29) is 18.4 Å². The van der Waals surface area contributed by atoms with Gasteiger partial charge in [0.2, 0.25) is 11.8 Å². The van der Waals surface area contributed by atoms with E-state index in [2.05, 4.69) is 10.6 Å². The third kappa shape index (κ3) is 17.1.